The highest BCUT2D eigenvalue weighted by molar-refractivity contribution is 6.23. The lowest BCUT2D eigenvalue weighted by Gasteiger charge is -2.38. The number of rotatable bonds is 10. The van der Waals surface area contributed by atoms with Crippen LogP contribution in [-0.4, -0.2) is 93.3 Å². The number of allylic oxidation sites excluding steroid dienone is 2. The maximum atomic E-state index is 14.4. The third-order valence-corrected chi connectivity index (χ3v) is 11.6. The standard InChI is InChI=1S/C45H62N2O13/c1-11-12-13-14-15-20-58-46-22-30-35-40(53)33-32(39(30)52)34-42(28(7)38(33)51)60-45(9,43(34)54)57-21-19-31(56-10)25(4)41(59-29(8)48)27(6)37(50)26(5)36(49)23(2)17-16-18-24(3)44(55)47-35/h16-19,21-23,25-27,31,36-37,41,49-53H,11-15,20H2,1-10H3,(H,47,55)/b17-16+,21-19+,24-18+,46-22+. The number of carbonyl (C=O) groups excluding carboxylic acids is 3. The summed E-state index contributed by atoms with van der Waals surface area (Å²) in [5, 5.41) is 64.2. The average Bonchev–Trinajstić information content (AvgIpc) is 3.47. The van der Waals surface area contributed by atoms with E-state index in [9.17, 15) is 39.9 Å². The maximum Gasteiger partial charge on any atom is 0.312 e. The van der Waals surface area contributed by atoms with Crippen LogP contribution in [0.3, 0.4) is 0 Å². The number of fused-ring (bicyclic) bond motifs is 14. The van der Waals surface area contributed by atoms with Gasteiger partial charge in [-0.1, -0.05) is 77.3 Å². The first-order chi connectivity index (χ1) is 28.3. The van der Waals surface area contributed by atoms with Gasteiger partial charge in [0.05, 0.1) is 53.0 Å². The van der Waals surface area contributed by atoms with Crippen LogP contribution >= 0.6 is 0 Å². The van der Waals surface area contributed by atoms with Crippen LogP contribution in [0.1, 0.15) is 109 Å². The molecule has 2 aromatic rings. The van der Waals surface area contributed by atoms with E-state index in [0.717, 1.165) is 38.3 Å². The number of Topliss-reactive ketones (excluding diaryl/α,β-unsaturated/α-hetero) is 1. The Morgan fingerprint density at radius 2 is 1.62 bits per heavy atom. The number of methoxy groups -OCH3 is 1. The minimum absolute atomic E-state index is 0.0411. The highest BCUT2D eigenvalue weighted by atomic mass is 16.7. The van der Waals surface area contributed by atoms with E-state index >= 15 is 0 Å². The first-order valence-corrected chi connectivity index (χ1v) is 20.6. The number of amides is 1. The summed E-state index contributed by atoms with van der Waals surface area (Å²) in [4.78, 5) is 45.9. The number of oxime groups is 1. The lowest BCUT2D eigenvalue weighted by Crippen LogP contribution is -2.46. The monoisotopic (exact) mass is 838 g/mol. The summed E-state index contributed by atoms with van der Waals surface area (Å²) in [5.74, 6) is -8.55. The van der Waals surface area contributed by atoms with E-state index in [-0.39, 0.29) is 51.1 Å². The van der Waals surface area contributed by atoms with E-state index < -0.39 is 88.8 Å². The quantitative estimate of drug-likeness (QED) is 0.0352. The van der Waals surface area contributed by atoms with Gasteiger partial charge in [-0.05, 0) is 32.8 Å². The largest absolute Gasteiger partial charge is 0.507 e. The Balaban J connectivity index is 1.92. The fourth-order valence-corrected chi connectivity index (χ4v) is 7.79. The molecule has 0 spiro atoms. The molecule has 60 heavy (non-hydrogen) atoms. The summed E-state index contributed by atoms with van der Waals surface area (Å²) in [6, 6.07) is 0. The second-order valence-corrected chi connectivity index (χ2v) is 16.1. The third kappa shape index (κ3) is 10.1. The number of hydrogen-bond donors (Lipinski definition) is 6. The van der Waals surface area contributed by atoms with Crippen LogP contribution < -0.4 is 10.1 Å². The van der Waals surface area contributed by atoms with E-state index in [4.69, 9.17) is 23.8 Å². The van der Waals surface area contributed by atoms with Crippen LogP contribution in [0.15, 0.2) is 41.3 Å². The van der Waals surface area contributed by atoms with Crippen molar-refractivity contribution in [2.45, 2.75) is 125 Å². The van der Waals surface area contributed by atoms with Crippen LogP contribution in [-0.2, 0) is 28.6 Å². The Morgan fingerprint density at radius 3 is 2.27 bits per heavy atom. The first-order valence-electron chi connectivity index (χ1n) is 20.6. The van der Waals surface area contributed by atoms with Crippen molar-refractivity contribution >= 4 is 40.3 Å². The van der Waals surface area contributed by atoms with Crippen molar-refractivity contribution in [3.05, 3.63) is 52.8 Å². The number of unbranched alkanes of at least 4 members (excludes halogenated alkanes) is 4. The summed E-state index contributed by atoms with van der Waals surface area (Å²) >= 11 is 0. The van der Waals surface area contributed by atoms with E-state index in [1.807, 2.05) is 0 Å². The molecule has 5 bridgehead atoms. The molecule has 0 aromatic heterocycles. The second-order valence-electron chi connectivity index (χ2n) is 16.1. The van der Waals surface area contributed by atoms with E-state index in [2.05, 4.69) is 17.4 Å². The number of anilines is 1. The molecule has 2 aromatic carbocycles. The SMILES string of the molecule is CCCCCCCO/N=C/c1c2c(O)c3c(O)c(C)c4c(c3c1O)C(=O)C(C)(O/C=C/C(OC)C(C)C(OC(C)=O)C(C)C(O)C(C)C(O)C(C)/C=C/C=C(\C)C(=O)N2)O4. The summed E-state index contributed by atoms with van der Waals surface area (Å²) in [6.45, 7) is 14.8. The van der Waals surface area contributed by atoms with Crippen molar-refractivity contribution in [3.63, 3.8) is 0 Å². The van der Waals surface area contributed by atoms with Gasteiger partial charge in [-0.3, -0.25) is 14.4 Å². The van der Waals surface area contributed by atoms with E-state index in [1.165, 1.54) is 53.2 Å². The van der Waals surface area contributed by atoms with Gasteiger partial charge in [0.1, 0.15) is 30.0 Å². The van der Waals surface area contributed by atoms with Crippen LogP contribution in [0, 0.1) is 30.6 Å². The Labute approximate surface area is 351 Å². The van der Waals surface area contributed by atoms with Crippen LogP contribution in [0.4, 0.5) is 5.69 Å². The summed E-state index contributed by atoms with van der Waals surface area (Å²) in [6.07, 6.45) is 9.45. The number of benzene rings is 2. The Hall–Kier alpha value is -5.12. The van der Waals surface area contributed by atoms with Gasteiger partial charge in [0.25, 0.3) is 11.7 Å². The van der Waals surface area contributed by atoms with Gasteiger partial charge < -0.3 is 54.6 Å². The lowest BCUT2D eigenvalue weighted by molar-refractivity contribution is -0.160. The minimum atomic E-state index is -2.06. The van der Waals surface area contributed by atoms with Crippen molar-refractivity contribution in [3.8, 4) is 23.0 Å². The van der Waals surface area contributed by atoms with Crippen LogP contribution in [0.5, 0.6) is 23.0 Å². The molecule has 5 rings (SSSR count). The summed E-state index contributed by atoms with van der Waals surface area (Å²) < 4.78 is 23.5. The topological polar surface area (TPSA) is 223 Å². The van der Waals surface area contributed by atoms with Gasteiger partial charge in [-0.15, -0.1) is 0 Å². The molecule has 9 unspecified atom stereocenters. The van der Waals surface area contributed by atoms with Gasteiger partial charge in [0, 0.05) is 61.2 Å². The molecule has 0 fully saturated rings. The number of ketones is 1. The molecule has 3 aliphatic heterocycles. The Bertz CT molecular complexity index is 2020. The normalized spacial score (nSPS) is 29.8. The highest BCUT2D eigenvalue weighted by Crippen LogP contribution is 2.55. The number of nitrogens with zero attached hydrogens (tertiary/aromatic N) is 1. The molecule has 0 saturated carbocycles. The minimum Gasteiger partial charge on any atom is -0.507 e. The molecule has 15 heteroatoms. The van der Waals surface area contributed by atoms with Crippen LogP contribution in [0.2, 0.25) is 0 Å². The number of phenols is 3. The average molecular weight is 839 g/mol. The number of aromatic hydroxyl groups is 3. The molecule has 1 amide bonds. The van der Waals surface area contributed by atoms with Crippen LogP contribution in [0.25, 0.3) is 10.8 Å². The van der Waals surface area contributed by atoms with Gasteiger partial charge in [-0.2, -0.15) is 0 Å². The number of aliphatic hydroxyl groups is 2. The molecule has 3 heterocycles. The molecule has 6 N–H and O–H groups in total. The summed E-state index contributed by atoms with van der Waals surface area (Å²) in [5.41, 5.74) is -0.549. The van der Waals surface area contributed by atoms with Gasteiger partial charge >= 0.3 is 11.8 Å². The molecule has 0 radical (unpaired) electrons. The Kier molecular flexibility index (Phi) is 16.2. The second kappa shape index (κ2) is 20.4. The fraction of sp³-hybridized carbons (Fsp3) is 0.556. The molecule has 9 atom stereocenters. The van der Waals surface area contributed by atoms with Crippen molar-refractivity contribution in [2.75, 3.05) is 19.0 Å². The van der Waals surface area contributed by atoms with E-state index in [1.54, 1.807) is 39.8 Å². The Morgan fingerprint density at radius 1 is 0.933 bits per heavy atom. The predicted octanol–water partition coefficient (Wildman–Crippen LogP) is 7.08. The van der Waals surface area contributed by atoms with E-state index in [0.29, 0.717) is 0 Å². The summed E-state index contributed by atoms with van der Waals surface area (Å²) in [7, 11) is 1.43. The van der Waals surface area contributed by atoms with Crippen molar-refractivity contribution in [2.24, 2.45) is 28.8 Å². The van der Waals surface area contributed by atoms with Gasteiger partial charge in [0.15, 0.2) is 5.75 Å². The van der Waals surface area contributed by atoms with Crippen molar-refractivity contribution < 1.29 is 63.7 Å². The molecular weight excluding hydrogens is 776 g/mol. The smallest absolute Gasteiger partial charge is 0.312 e. The predicted molar refractivity (Wildman–Crippen MR) is 226 cm³/mol. The fourth-order valence-electron chi connectivity index (χ4n) is 7.79. The molecule has 3 aliphatic rings. The number of esters is 1. The molecular formula is C45H62N2O13. The van der Waals surface area contributed by atoms with Gasteiger partial charge in [0.2, 0.25) is 0 Å². The van der Waals surface area contributed by atoms with Crippen molar-refractivity contribution in [1.29, 1.82) is 0 Å². The third-order valence-electron chi connectivity index (χ3n) is 11.6. The zero-order valence-electron chi connectivity index (χ0n) is 36.3. The van der Waals surface area contributed by atoms with Crippen molar-refractivity contribution in [1.82, 2.24) is 0 Å². The zero-order valence-corrected chi connectivity index (χ0v) is 36.3. The zero-order chi connectivity index (χ0) is 44.6. The number of aliphatic hydroxyl groups excluding tert-OH is 2. The number of nitrogens with one attached hydrogen (secondary N) is 1. The number of ether oxygens (including phenoxy) is 4. The highest BCUT2D eigenvalue weighted by Gasteiger charge is 2.50. The number of hydrogen-bond acceptors (Lipinski definition) is 14. The van der Waals surface area contributed by atoms with Gasteiger partial charge in [-0.25, -0.2) is 0 Å². The molecule has 0 aliphatic carbocycles. The number of phenolic OH excluding ortho intramolecular Hbond substituents is 3. The molecule has 330 valence electrons. The molecule has 15 nitrogen and oxygen atoms in total. The lowest BCUT2D eigenvalue weighted by atomic mass is 9.78. The number of carbonyl (C=O) groups is 3. The maximum absolute atomic E-state index is 14.4. The first kappa shape index (κ1) is 47.6. The molecule has 0 saturated heterocycles.